The van der Waals surface area contributed by atoms with E-state index in [0.717, 1.165) is 36.4 Å². The van der Waals surface area contributed by atoms with E-state index >= 15 is 0 Å². The Morgan fingerprint density at radius 2 is 1.72 bits per heavy atom. The quantitative estimate of drug-likeness (QED) is 0.717. The van der Waals surface area contributed by atoms with Gasteiger partial charge in [-0.1, -0.05) is 0 Å². The van der Waals surface area contributed by atoms with Gasteiger partial charge >= 0.3 is 6.36 Å². The Balaban J connectivity index is 2.07. The van der Waals surface area contributed by atoms with E-state index in [1.54, 1.807) is 0 Å². The highest BCUT2D eigenvalue weighted by Gasteiger charge is 2.31. The van der Waals surface area contributed by atoms with Gasteiger partial charge < -0.3 is 14.8 Å². The summed E-state index contributed by atoms with van der Waals surface area (Å²) in [5, 5.41) is 11.8. The van der Waals surface area contributed by atoms with Crippen LogP contribution >= 0.6 is 0 Å². The van der Waals surface area contributed by atoms with Crippen LogP contribution in [0.2, 0.25) is 0 Å². The van der Waals surface area contributed by atoms with Crippen molar-refractivity contribution in [3.05, 3.63) is 59.2 Å². The summed E-state index contributed by atoms with van der Waals surface area (Å²) in [6.45, 7) is 2.42. The summed E-state index contributed by atoms with van der Waals surface area (Å²) in [6, 6.07) is 7.68. The molecule has 29 heavy (non-hydrogen) atoms. The van der Waals surface area contributed by atoms with E-state index in [1.165, 1.54) is 13.8 Å². The van der Waals surface area contributed by atoms with Crippen LogP contribution in [0.3, 0.4) is 0 Å². The van der Waals surface area contributed by atoms with E-state index in [0.29, 0.717) is 0 Å². The standard InChI is InChI=1S/C19H15F5N2O3/c1-11-7-14(20)15(21)8-16(11)28-10-18(2,9-25)26-17(27)12-3-5-13(6-4-12)29-19(22,23)24/h3-8H,10H2,1-2H3,(H,26,27). The maximum Gasteiger partial charge on any atom is 0.573 e. The highest BCUT2D eigenvalue weighted by atomic mass is 19.4. The first-order valence-corrected chi connectivity index (χ1v) is 8.10. The summed E-state index contributed by atoms with van der Waals surface area (Å²) >= 11 is 0. The second-order valence-corrected chi connectivity index (χ2v) is 6.29. The summed E-state index contributed by atoms with van der Waals surface area (Å²) in [7, 11) is 0. The van der Waals surface area contributed by atoms with Crippen molar-refractivity contribution in [2.75, 3.05) is 6.61 Å². The molecule has 1 N–H and O–H groups in total. The average Bonchev–Trinajstić information content (AvgIpc) is 2.63. The second-order valence-electron chi connectivity index (χ2n) is 6.29. The number of aryl methyl sites for hydroxylation is 1. The van der Waals surface area contributed by atoms with Crippen LogP contribution in [0.25, 0.3) is 0 Å². The predicted octanol–water partition coefficient (Wildman–Crippen LogP) is 4.26. The van der Waals surface area contributed by atoms with Crippen molar-refractivity contribution in [3.8, 4) is 17.6 Å². The van der Waals surface area contributed by atoms with Crippen LogP contribution in [-0.2, 0) is 0 Å². The molecule has 0 saturated carbocycles. The first-order chi connectivity index (χ1) is 13.4. The van der Waals surface area contributed by atoms with Crippen LogP contribution < -0.4 is 14.8 Å². The molecule has 0 spiro atoms. The zero-order chi connectivity index (χ0) is 21.8. The molecular formula is C19H15F5N2O3. The Morgan fingerprint density at radius 1 is 1.14 bits per heavy atom. The van der Waals surface area contributed by atoms with E-state index in [2.05, 4.69) is 10.1 Å². The number of carbonyl (C=O) groups is 1. The molecule has 0 heterocycles. The van der Waals surface area contributed by atoms with Crippen molar-refractivity contribution >= 4 is 5.91 Å². The fraction of sp³-hybridized carbons (Fsp3) is 0.263. The Labute approximate surface area is 162 Å². The number of alkyl halides is 3. The Kier molecular flexibility index (Phi) is 6.31. The molecule has 0 bridgehead atoms. The molecule has 2 aromatic carbocycles. The van der Waals surface area contributed by atoms with E-state index in [-0.39, 0.29) is 16.9 Å². The molecular weight excluding hydrogens is 399 g/mol. The van der Waals surface area contributed by atoms with Gasteiger partial charge in [-0.2, -0.15) is 5.26 Å². The third kappa shape index (κ3) is 6.07. The number of amides is 1. The van der Waals surface area contributed by atoms with Gasteiger partial charge in [0.15, 0.2) is 17.2 Å². The van der Waals surface area contributed by atoms with E-state index in [9.17, 15) is 32.0 Å². The lowest BCUT2D eigenvalue weighted by atomic mass is 10.0. The molecule has 2 aromatic rings. The fourth-order valence-electron chi connectivity index (χ4n) is 2.23. The lowest BCUT2D eigenvalue weighted by Gasteiger charge is -2.24. The largest absolute Gasteiger partial charge is 0.573 e. The van der Waals surface area contributed by atoms with Gasteiger partial charge in [0.1, 0.15) is 18.1 Å². The molecule has 10 heteroatoms. The average molecular weight is 414 g/mol. The highest BCUT2D eigenvalue weighted by molar-refractivity contribution is 5.95. The summed E-state index contributed by atoms with van der Waals surface area (Å²) < 4.78 is 72.1. The summed E-state index contributed by atoms with van der Waals surface area (Å²) in [4.78, 5) is 12.3. The fourth-order valence-corrected chi connectivity index (χ4v) is 2.23. The van der Waals surface area contributed by atoms with Crippen LogP contribution in [0.5, 0.6) is 11.5 Å². The number of hydrogen-bond donors (Lipinski definition) is 1. The van der Waals surface area contributed by atoms with Gasteiger partial charge in [0.2, 0.25) is 0 Å². The number of nitrogens with one attached hydrogen (secondary N) is 1. The monoisotopic (exact) mass is 414 g/mol. The van der Waals surface area contributed by atoms with E-state index in [4.69, 9.17) is 4.74 Å². The maximum atomic E-state index is 13.4. The summed E-state index contributed by atoms with van der Waals surface area (Å²) in [5.41, 5.74) is -1.30. The third-order valence-electron chi connectivity index (χ3n) is 3.72. The molecule has 154 valence electrons. The smallest absolute Gasteiger partial charge is 0.490 e. The number of nitrogens with zero attached hydrogens (tertiary/aromatic N) is 1. The minimum atomic E-state index is -4.86. The lowest BCUT2D eigenvalue weighted by molar-refractivity contribution is -0.274. The Bertz CT molecular complexity index is 939. The number of ether oxygens (including phenoxy) is 2. The van der Waals surface area contributed by atoms with Crippen LogP contribution in [-0.4, -0.2) is 24.4 Å². The Hall–Kier alpha value is -3.35. The topological polar surface area (TPSA) is 71.3 Å². The molecule has 0 aliphatic carbocycles. The summed E-state index contributed by atoms with van der Waals surface area (Å²) in [5.74, 6) is -3.45. The van der Waals surface area contributed by atoms with Crippen LogP contribution in [0.4, 0.5) is 22.0 Å². The first-order valence-electron chi connectivity index (χ1n) is 8.10. The number of benzene rings is 2. The number of hydrogen-bond acceptors (Lipinski definition) is 4. The van der Waals surface area contributed by atoms with Crippen molar-refractivity contribution < 1.29 is 36.2 Å². The number of carbonyl (C=O) groups excluding carboxylic acids is 1. The van der Waals surface area contributed by atoms with Crippen LogP contribution in [0.15, 0.2) is 36.4 Å². The minimum Gasteiger partial charge on any atom is -0.490 e. The Morgan fingerprint density at radius 3 is 2.28 bits per heavy atom. The van der Waals surface area contributed by atoms with Gasteiger partial charge in [0.05, 0.1) is 6.07 Å². The molecule has 5 nitrogen and oxygen atoms in total. The molecule has 1 unspecified atom stereocenters. The van der Waals surface area contributed by atoms with Crippen molar-refractivity contribution in [1.82, 2.24) is 5.32 Å². The molecule has 1 atom stereocenters. The zero-order valence-electron chi connectivity index (χ0n) is 15.2. The van der Waals surface area contributed by atoms with Gasteiger partial charge in [0.25, 0.3) is 5.91 Å². The van der Waals surface area contributed by atoms with Gasteiger partial charge in [-0.15, -0.1) is 13.2 Å². The summed E-state index contributed by atoms with van der Waals surface area (Å²) in [6.07, 6.45) is -4.86. The van der Waals surface area contributed by atoms with Gasteiger partial charge in [-0.3, -0.25) is 4.79 Å². The van der Waals surface area contributed by atoms with Crippen molar-refractivity contribution in [3.63, 3.8) is 0 Å². The molecule has 0 aromatic heterocycles. The van der Waals surface area contributed by atoms with Gasteiger partial charge in [-0.25, -0.2) is 8.78 Å². The normalized spacial score (nSPS) is 13.2. The lowest BCUT2D eigenvalue weighted by Crippen LogP contribution is -2.49. The van der Waals surface area contributed by atoms with Crippen molar-refractivity contribution in [2.24, 2.45) is 0 Å². The minimum absolute atomic E-state index is 0.00623. The predicted molar refractivity (Wildman–Crippen MR) is 91.2 cm³/mol. The number of halogens is 5. The number of rotatable bonds is 6. The second kappa shape index (κ2) is 8.34. The molecule has 0 saturated heterocycles. The van der Waals surface area contributed by atoms with Crippen molar-refractivity contribution in [1.29, 1.82) is 5.26 Å². The van der Waals surface area contributed by atoms with Gasteiger partial charge in [0, 0.05) is 11.6 Å². The molecule has 0 aliphatic rings. The van der Waals surface area contributed by atoms with Crippen LogP contribution in [0, 0.1) is 29.9 Å². The molecule has 2 rings (SSSR count). The first kappa shape index (κ1) is 21.9. The van der Waals surface area contributed by atoms with Gasteiger partial charge in [-0.05, 0) is 49.7 Å². The van der Waals surface area contributed by atoms with E-state index in [1.807, 2.05) is 6.07 Å². The number of nitriles is 1. The molecule has 0 aliphatic heterocycles. The molecule has 0 fully saturated rings. The maximum absolute atomic E-state index is 13.4. The molecule has 1 amide bonds. The molecule has 0 radical (unpaired) electrons. The third-order valence-corrected chi connectivity index (χ3v) is 3.72. The van der Waals surface area contributed by atoms with Crippen molar-refractivity contribution in [2.45, 2.75) is 25.7 Å². The van der Waals surface area contributed by atoms with E-state index < -0.39 is 41.8 Å². The zero-order valence-corrected chi connectivity index (χ0v) is 15.2. The SMILES string of the molecule is Cc1cc(F)c(F)cc1OCC(C)(C#N)NC(=O)c1ccc(OC(F)(F)F)cc1. The van der Waals surface area contributed by atoms with Crippen LogP contribution in [0.1, 0.15) is 22.8 Å². The highest BCUT2D eigenvalue weighted by Crippen LogP contribution is 2.24.